The van der Waals surface area contributed by atoms with Gasteiger partial charge < -0.3 is 29.1 Å². The number of aromatic hydroxyl groups is 1. The third kappa shape index (κ3) is 4.75. The number of aryl methyl sites for hydroxylation is 1. The van der Waals surface area contributed by atoms with Gasteiger partial charge in [-0.15, -0.1) is 0 Å². The van der Waals surface area contributed by atoms with Gasteiger partial charge in [0.15, 0.2) is 11.4 Å². The smallest absolute Gasteiger partial charge is 0.364 e. The number of anilines is 1. The number of rotatable bonds is 6. The number of amides is 1. The van der Waals surface area contributed by atoms with Crippen molar-refractivity contribution in [3.63, 3.8) is 0 Å². The van der Waals surface area contributed by atoms with Gasteiger partial charge in [0.2, 0.25) is 6.29 Å². The lowest BCUT2D eigenvalue weighted by atomic mass is 9.94. The van der Waals surface area contributed by atoms with E-state index in [-0.39, 0.29) is 34.1 Å². The fraction of sp³-hybridized carbons (Fsp3) is 0.321. The molecule has 10 heteroatoms. The summed E-state index contributed by atoms with van der Waals surface area (Å²) in [5, 5.41) is 20.5. The van der Waals surface area contributed by atoms with E-state index in [4.69, 9.17) is 18.6 Å². The molecule has 3 N–H and O–H groups in total. The quantitative estimate of drug-likeness (QED) is 0.310. The van der Waals surface area contributed by atoms with E-state index in [2.05, 4.69) is 15.5 Å². The Morgan fingerprint density at radius 3 is 2.74 bits per heavy atom. The van der Waals surface area contributed by atoms with Crippen molar-refractivity contribution < 1.29 is 28.5 Å². The first-order chi connectivity index (χ1) is 18.2. The standard InChI is InChI=1S/C28H29N3O7/c1-15-20(36-22-11-10-21(35-4)28(2,3)38-22)9-8-18-24(32)23(27(34)37-25(15)18)30-26(33)17-7-5-6-16(14-17)19-12-13-29-31-19/h5-9,12-14,21-22,32H,10-11H2,1-4H3,(H,29,31)(H,30,33)/t21-,22-/m1/s1. The van der Waals surface area contributed by atoms with Crippen LogP contribution in [0.3, 0.4) is 0 Å². The molecule has 38 heavy (non-hydrogen) atoms. The Bertz CT molecular complexity index is 1540. The van der Waals surface area contributed by atoms with Crippen LogP contribution in [0, 0.1) is 6.92 Å². The van der Waals surface area contributed by atoms with E-state index in [1.54, 1.807) is 56.6 Å². The normalized spacial score (nSPS) is 18.8. The van der Waals surface area contributed by atoms with Crippen molar-refractivity contribution in [3.05, 3.63) is 70.2 Å². The molecule has 10 nitrogen and oxygen atoms in total. The monoisotopic (exact) mass is 519 g/mol. The van der Waals surface area contributed by atoms with Crippen LogP contribution in [0.1, 0.15) is 42.6 Å². The highest BCUT2D eigenvalue weighted by molar-refractivity contribution is 6.07. The molecule has 198 valence electrons. The molecule has 0 aliphatic carbocycles. The van der Waals surface area contributed by atoms with Crippen molar-refractivity contribution in [1.82, 2.24) is 10.2 Å². The van der Waals surface area contributed by atoms with Crippen molar-refractivity contribution in [2.75, 3.05) is 12.4 Å². The summed E-state index contributed by atoms with van der Waals surface area (Å²) in [5.41, 5.74) is 0.604. The van der Waals surface area contributed by atoms with Crippen molar-refractivity contribution in [3.8, 4) is 22.8 Å². The first-order valence-electron chi connectivity index (χ1n) is 12.3. The summed E-state index contributed by atoms with van der Waals surface area (Å²) in [4.78, 5) is 25.8. The highest BCUT2D eigenvalue weighted by atomic mass is 16.7. The molecular formula is C28H29N3O7. The Hall–Kier alpha value is -4.15. The molecule has 0 unspecified atom stereocenters. The second kappa shape index (κ2) is 9.96. The SMILES string of the molecule is CO[C@@H]1CC[C@H](Oc2ccc3c(O)c(NC(=O)c4cccc(-c5cc[nH]n5)c4)c(=O)oc3c2C)OC1(C)C. The zero-order chi connectivity index (χ0) is 27.0. The maximum absolute atomic E-state index is 12.9. The molecule has 2 atom stereocenters. The molecule has 5 rings (SSSR count). The minimum atomic E-state index is -0.884. The number of H-pyrrole nitrogens is 1. The Morgan fingerprint density at radius 2 is 2.03 bits per heavy atom. The van der Waals surface area contributed by atoms with E-state index >= 15 is 0 Å². The minimum Gasteiger partial charge on any atom is -0.505 e. The van der Waals surface area contributed by atoms with Gasteiger partial charge in [0.25, 0.3) is 5.91 Å². The summed E-state index contributed by atoms with van der Waals surface area (Å²) in [5.74, 6) is -0.503. The van der Waals surface area contributed by atoms with Crippen LogP contribution in [0.25, 0.3) is 22.2 Å². The number of hydrogen-bond acceptors (Lipinski definition) is 8. The van der Waals surface area contributed by atoms with Crippen LogP contribution in [0.5, 0.6) is 11.5 Å². The van der Waals surface area contributed by atoms with Gasteiger partial charge in [0.05, 0.1) is 22.8 Å². The molecule has 1 saturated heterocycles. The molecule has 1 amide bonds. The van der Waals surface area contributed by atoms with E-state index in [9.17, 15) is 14.7 Å². The highest BCUT2D eigenvalue weighted by Gasteiger charge is 2.39. The van der Waals surface area contributed by atoms with E-state index in [0.29, 0.717) is 23.4 Å². The van der Waals surface area contributed by atoms with Crippen LogP contribution in [-0.4, -0.2) is 46.3 Å². The predicted octanol–water partition coefficient (Wildman–Crippen LogP) is 4.76. The van der Waals surface area contributed by atoms with Gasteiger partial charge in [-0.1, -0.05) is 12.1 Å². The van der Waals surface area contributed by atoms with Crippen LogP contribution in [-0.2, 0) is 9.47 Å². The molecule has 1 aliphatic heterocycles. The van der Waals surface area contributed by atoms with Gasteiger partial charge in [-0.3, -0.25) is 9.89 Å². The maximum Gasteiger partial charge on any atom is 0.364 e. The van der Waals surface area contributed by atoms with Crippen LogP contribution in [0.15, 0.2) is 57.9 Å². The van der Waals surface area contributed by atoms with E-state index in [1.165, 1.54) is 0 Å². The molecule has 0 radical (unpaired) electrons. The Balaban J connectivity index is 1.40. The second-order valence-electron chi connectivity index (χ2n) is 9.74. The first kappa shape index (κ1) is 25.5. The van der Waals surface area contributed by atoms with Gasteiger partial charge in [-0.2, -0.15) is 5.10 Å². The molecule has 4 aromatic rings. The largest absolute Gasteiger partial charge is 0.505 e. The molecular weight excluding hydrogens is 490 g/mol. The summed E-state index contributed by atoms with van der Waals surface area (Å²) in [6.07, 6.45) is 2.52. The van der Waals surface area contributed by atoms with Crippen LogP contribution < -0.4 is 15.7 Å². The van der Waals surface area contributed by atoms with Crippen molar-refractivity contribution in [2.24, 2.45) is 0 Å². The Morgan fingerprint density at radius 1 is 1.21 bits per heavy atom. The average Bonchev–Trinajstić information content (AvgIpc) is 3.43. The van der Waals surface area contributed by atoms with Crippen molar-refractivity contribution in [2.45, 2.75) is 51.6 Å². The van der Waals surface area contributed by atoms with Gasteiger partial charge >= 0.3 is 5.63 Å². The Labute approximate surface area is 218 Å². The van der Waals surface area contributed by atoms with Crippen molar-refractivity contribution in [1.29, 1.82) is 0 Å². The number of aromatic nitrogens is 2. The molecule has 0 saturated carbocycles. The maximum atomic E-state index is 12.9. The lowest BCUT2D eigenvalue weighted by molar-refractivity contribution is -0.233. The van der Waals surface area contributed by atoms with Crippen LogP contribution >= 0.6 is 0 Å². The third-order valence-corrected chi connectivity index (χ3v) is 6.82. The average molecular weight is 520 g/mol. The van der Waals surface area contributed by atoms with Gasteiger partial charge in [0.1, 0.15) is 11.3 Å². The van der Waals surface area contributed by atoms with Gasteiger partial charge in [0, 0.05) is 36.4 Å². The highest BCUT2D eigenvalue weighted by Crippen LogP contribution is 2.37. The zero-order valence-electron chi connectivity index (χ0n) is 21.5. The van der Waals surface area contributed by atoms with E-state index < -0.39 is 23.4 Å². The lowest BCUT2D eigenvalue weighted by Gasteiger charge is -2.41. The molecule has 1 fully saturated rings. The summed E-state index contributed by atoms with van der Waals surface area (Å²) >= 11 is 0. The van der Waals surface area contributed by atoms with Crippen LogP contribution in [0.2, 0.25) is 0 Å². The number of benzene rings is 2. The third-order valence-electron chi connectivity index (χ3n) is 6.82. The number of hydrogen-bond donors (Lipinski definition) is 3. The molecule has 2 aromatic carbocycles. The summed E-state index contributed by atoms with van der Waals surface area (Å²) < 4.78 is 23.2. The molecule has 1 aliphatic rings. The fourth-order valence-corrected chi connectivity index (χ4v) is 4.77. The Kier molecular flexibility index (Phi) is 6.68. The first-order valence-corrected chi connectivity index (χ1v) is 12.3. The summed E-state index contributed by atoms with van der Waals surface area (Å²) in [7, 11) is 1.66. The molecule has 0 bridgehead atoms. The summed E-state index contributed by atoms with van der Waals surface area (Å²) in [6, 6.07) is 11.8. The number of fused-ring (bicyclic) bond motifs is 1. The number of nitrogens with one attached hydrogen (secondary N) is 2. The summed E-state index contributed by atoms with van der Waals surface area (Å²) in [6.45, 7) is 5.62. The molecule has 0 spiro atoms. The van der Waals surface area contributed by atoms with E-state index in [1.807, 2.05) is 19.9 Å². The van der Waals surface area contributed by atoms with Gasteiger partial charge in [-0.05, 0) is 57.5 Å². The lowest BCUT2D eigenvalue weighted by Crippen LogP contribution is -2.49. The number of carbonyl (C=O) groups is 1. The molecule has 3 heterocycles. The number of nitrogens with zero attached hydrogens (tertiary/aromatic N) is 1. The number of methoxy groups -OCH3 is 1. The molecule has 2 aromatic heterocycles. The fourth-order valence-electron chi connectivity index (χ4n) is 4.77. The number of ether oxygens (including phenoxy) is 3. The minimum absolute atomic E-state index is 0.0450. The van der Waals surface area contributed by atoms with Crippen molar-refractivity contribution >= 4 is 22.6 Å². The van der Waals surface area contributed by atoms with Crippen LogP contribution in [0.4, 0.5) is 5.69 Å². The topological polar surface area (TPSA) is 136 Å². The number of carbonyl (C=O) groups excluding carboxylic acids is 1. The van der Waals surface area contributed by atoms with E-state index in [0.717, 1.165) is 12.0 Å². The zero-order valence-corrected chi connectivity index (χ0v) is 21.5. The van der Waals surface area contributed by atoms with Gasteiger partial charge in [-0.25, -0.2) is 4.79 Å². The number of aromatic amines is 1. The predicted molar refractivity (Wildman–Crippen MR) is 140 cm³/mol. The second-order valence-corrected chi connectivity index (χ2v) is 9.74.